The van der Waals surface area contributed by atoms with Crippen molar-refractivity contribution in [2.24, 2.45) is 0 Å². The van der Waals surface area contributed by atoms with Crippen LogP contribution in [-0.2, 0) is 47.5 Å². The van der Waals surface area contributed by atoms with E-state index in [-0.39, 0.29) is 62.4 Å². The Balaban J connectivity index is 0.000000479. The molecule has 0 nitrogen and oxygen atoms in total. The molecule has 0 N–H and O–H groups in total. The molecule has 0 spiro atoms. The van der Waals surface area contributed by atoms with E-state index in [0.29, 0.717) is 0 Å². The molecule has 0 amide bonds. The second kappa shape index (κ2) is 18.9. The van der Waals surface area contributed by atoms with Gasteiger partial charge in [-0.3, -0.25) is 0 Å². The number of hydrogen-bond acceptors (Lipinski definition) is 0. The molecule has 0 fully saturated rings. The zero-order valence-electron chi connectivity index (χ0n) is 37.2. The zero-order valence-corrected chi connectivity index (χ0v) is 41.8. The van der Waals surface area contributed by atoms with Crippen LogP contribution in [-0.4, -0.2) is 9.52 Å². The van der Waals surface area contributed by atoms with Crippen LogP contribution in [0.5, 0.6) is 0 Å². The van der Waals surface area contributed by atoms with E-state index in [2.05, 4.69) is 207 Å². The van der Waals surface area contributed by atoms with E-state index in [1.54, 1.807) is 0 Å². The zero-order chi connectivity index (χ0) is 38.1. The van der Waals surface area contributed by atoms with Gasteiger partial charge < -0.3 is 14.9 Å². The maximum atomic E-state index is 2.39. The topological polar surface area (TPSA) is 0 Å². The van der Waals surface area contributed by atoms with Crippen molar-refractivity contribution < 1.29 is 25.8 Å². The summed E-state index contributed by atoms with van der Waals surface area (Å²) in [6.45, 7) is 36.2. The van der Waals surface area contributed by atoms with E-state index in [0.717, 1.165) is 9.52 Å². The quantitative estimate of drug-likeness (QED) is 0.120. The Labute approximate surface area is 353 Å². The van der Waals surface area contributed by atoms with Gasteiger partial charge in [-0.25, -0.2) is 0 Å². The van der Waals surface area contributed by atoms with Gasteiger partial charge in [0.05, 0.1) is 0 Å². The largest absolute Gasteiger partial charge is 4.00 e. The molecule has 6 rings (SSSR count). The fourth-order valence-corrected chi connectivity index (χ4v) is 6.57. The summed E-state index contributed by atoms with van der Waals surface area (Å²) in [7, 11) is 1.08. The molecule has 0 unspecified atom stereocenters. The van der Waals surface area contributed by atoms with Crippen LogP contribution in [0.15, 0.2) is 97.1 Å². The van der Waals surface area contributed by atoms with Gasteiger partial charge in [0, 0.05) is 9.52 Å². The fraction of sp³-hybridized carbons (Fsp3) is 0.385. The molecular formula is C52H70HfSi. The molecule has 2 radical (unpaired) electrons. The standard InChI is InChI=1S/2C24H29.C2H6Si.2CH3.Hf/c2*1-16-11-17-9-8-10-21(22(17)12-16)18-13-19(23(2,3)4)15-20(14-18)24(5,6)7;1-3-2;;;/h2*8-15H,1-7H3;1-2H3;2*1H3;/q2*-1;;2*-1;+4. The minimum absolute atomic E-state index is 0. The summed E-state index contributed by atoms with van der Waals surface area (Å²) in [6, 6.07) is 36.8. The number of rotatable bonds is 2. The molecule has 0 bridgehead atoms. The molecule has 6 aromatic rings. The molecule has 0 heterocycles. The van der Waals surface area contributed by atoms with Gasteiger partial charge in [0.25, 0.3) is 0 Å². The molecule has 0 aliphatic heterocycles. The molecule has 286 valence electrons. The number of aryl methyl sites for hydroxylation is 2. The van der Waals surface area contributed by atoms with Crippen molar-refractivity contribution in [1.82, 2.24) is 0 Å². The van der Waals surface area contributed by atoms with Crippen molar-refractivity contribution in [1.29, 1.82) is 0 Å². The third-order valence-electron chi connectivity index (χ3n) is 9.74. The minimum atomic E-state index is 0. The van der Waals surface area contributed by atoms with Gasteiger partial charge in [-0.05, 0) is 55.0 Å². The van der Waals surface area contributed by atoms with Gasteiger partial charge in [-0.1, -0.05) is 170 Å². The first-order valence-corrected chi connectivity index (χ1v) is 20.8. The first-order valence-electron chi connectivity index (χ1n) is 18.8. The van der Waals surface area contributed by atoms with Crippen LogP contribution < -0.4 is 0 Å². The van der Waals surface area contributed by atoms with Crippen LogP contribution in [0.4, 0.5) is 0 Å². The Morgan fingerprint density at radius 2 is 0.685 bits per heavy atom. The van der Waals surface area contributed by atoms with E-state index in [1.165, 1.54) is 77.2 Å². The smallest absolute Gasteiger partial charge is 0.358 e. The van der Waals surface area contributed by atoms with Crippen LogP contribution in [0.25, 0.3) is 43.8 Å². The number of hydrogen-bond donors (Lipinski definition) is 0. The summed E-state index contributed by atoms with van der Waals surface area (Å²) >= 11 is 0. The van der Waals surface area contributed by atoms with Crippen molar-refractivity contribution in [2.75, 3.05) is 0 Å². The van der Waals surface area contributed by atoms with Crippen LogP contribution in [0.1, 0.15) is 116 Å². The van der Waals surface area contributed by atoms with Gasteiger partial charge >= 0.3 is 25.8 Å². The molecule has 54 heavy (non-hydrogen) atoms. The Morgan fingerprint density at radius 3 is 0.926 bits per heavy atom. The molecular weight excluding hydrogens is 831 g/mol. The molecule has 0 aliphatic rings. The van der Waals surface area contributed by atoms with Gasteiger partial charge in [0.2, 0.25) is 0 Å². The SMILES string of the molecule is C[Si]C.Cc1cc2c(-c3cc(C(C)(C)C)cc(C(C)(C)C)c3)cccc2[cH-]1.Cc1cc2c(-c3cc(C(C)(C)C)cc(C(C)(C)C)c3)cccc2[cH-]1.[CH3-].[CH3-].[Hf+4]. The summed E-state index contributed by atoms with van der Waals surface area (Å²) in [5, 5.41) is 5.40. The van der Waals surface area contributed by atoms with E-state index >= 15 is 0 Å². The van der Waals surface area contributed by atoms with Crippen LogP contribution in [0.3, 0.4) is 0 Å². The van der Waals surface area contributed by atoms with Crippen molar-refractivity contribution in [3.63, 3.8) is 0 Å². The monoisotopic (exact) mass is 902 g/mol. The fourth-order valence-electron chi connectivity index (χ4n) is 6.57. The second-order valence-electron chi connectivity index (χ2n) is 18.8. The van der Waals surface area contributed by atoms with Crippen LogP contribution in [0.2, 0.25) is 13.1 Å². The summed E-state index contributed by atoms with van der Waals surface area (Å²) in [5.41, 5.74) is 14.2. The average Bonchev–Trinajstić information content (AvgIpc) is 3.60. The molecule has 0 atom stereocenters. The Morgan fingerprint density at radius 1 is 0.426 bits per heavy atom. The predicted octanol–water partition coefficient (Wildman–Crippen LogP) is 15.9. The molecule has 0 aliphatic carbocycles. The maximum absolute atomic E-state index is 2.39. The van der Waals surface area contributed by atoms with Gasteiger partial charge in [0.1, 0.15) is 0 Å². The molecule has 0 saturated heterocycles. The molecule has 0 aromatic heterocycles. The Kier molecular flexibility index (Phi) is 17.2. The third kappa shape index (κ3) is 12.1. The summed E-state index contributed by atoms with van der Waals surface area (Å²) in [4.78, 5) is 0. The van der Waals surface area contributed by atoms with E-state index in [4.69, 9.17) is 0 Å². The Hall–Kier alpha value is -2.81. The summed E-state index contributed by atoms with van der Waals surface area (Å²) in [6.07, 6.45) is 0. The third-order valence-corrected chi connectivity index (χ3v) is 9.74. The predicted molar refractivity (Wildman–Crippen MR) is 245 cm³/mol. The van der Waals surface area contributed by atoms with Gasteiger partial charge in [-0.15, -0.1) is 69.1 Å². The Bertz CT molecular complexity index is 1870. The summed E-state index contributed by atoms with van der Waals surface area (Å²) < 4.78 is 0. The number of fused-ring (bicyclic) bond motifs is 2. The molecule has 6 aromatic carbocycles. The van der Waals surface area contributed by atoms with Gasteiger partial charge in [-0.2, -0.15) is 12.1 Å². The van der Waals surface area contributed by atoms with Gasteiger partial charge in [0.15, 0.2) is 0 Å². The first kappa shape index (κ1) is 49.2. The van der Waals surface area contributed by atoms with E-state index in [9.17, 15) is 0 Å². The summed E-state index contributed by atoms with van der Waals surface area (Å²) in [5.74, 6) is 0. The van der Waals surface area contributed by atoms with E-state index in [1.807, 2.05) is 0 Å². The molecule has 0 saturated carbocycles. The van der Waals surface area contributed by atoms with Crippen molar-refractivity contribution >= 4 is 31.1 Å². The minimum Gasteiger partial charge on any atom is -0.358 e. The number of benzene rings is 4. The van der Waals surface area contributed by atoms with Crippen molar-refractivity contribution in [2.45, 2.75) is 132 Å². The first-order chi connectivity index (χ1) is 23.5. The van der Waals surface area contributed by atoms with Crippen molar-refractivity contribution in [3.8, 4) is 22.3 Å². The maximum Gasteiger partial charge on any atom is 4.00 e. The van der Waals surface area contributed by atoms with Crippen LogP contribution >= 0.6 is 0 Å². The normalized spacial score (nSPS) is 11.7. The average molecular weight is 902 g/mol. The molecule has 2 heteroatoms. The van der Waals surface area contributed by atoms with E-state index < -0.39 is 0 Å². The van der Waals surface area contributed by atoms with Crippen LogP contribution in [0, 0.1) is 28.7 Å². The van der Waals surface area contributed by atoms with Crippen molar-refractivity contribution in [3.05, 3.63) is 145 Å². The second-order valence-corrected chi connectivity index (χ2v) is 19.8.